The molecule has 0 fully saturated rings. The first kappa shape index (κ1) is 26.9. The van der Waals surface area contributed by atoms with Crippen molar-refractivity contribution in [2.45, 2.75) is 31.6 Å². The van der Waals surface area contributed by atoms with E-state index in [9.17, 15) is 9.59 Å². The summed E-state index contributed by atoms with van der Waals surface area (Å²) in [5, 5.41) is 3.34. The minimum atomic E-state index is -0.675. The summed E-state index contributed by atoms with van der Waals surface area (Å²) in [5.74, 6) is 1.16. The maximum atomic E-state index is 13.9. The first-order valence-electron chi connectivity index (χ1n) is 12.2. The number of dihydropyridines is 1. The summed E-state index contributed by atoms with van der Waals surface area (Å²) in [7, 11) is 9.07. The number of ketones is 1. The molecule has 0 saturated carbocycles. The Balaban J connectivity index is 1.85. The molecule has 0 unspecified atom stereocenters. The van der Waals surface area contributed by atoms with E-state index in [1.807, 2.05) is 25.1 Å². The van der Waals surface area contributed by atoms with Gasteiger partial charge < -0.3 is 33.7 Å². The predicted molar refractivity (Wildman–Crippen MR) is 140 cm³/mol. The first-order chi connectivity index (χ1) is 18.3. The molecule has 2 aromatic rings. The number of hydrogen-bond acceptors (Lipinski definition) is 9. The number of allylic oxidation sites excluding steroid dienone is 3. The van der Waals surface area contributed by atoms with Gasteiger partial charge in [0.25, 0.3) is 0 Å². The molecular formula is C29H33NO8. The highest BCUT2D eigenvalue weighted by atomic mass is 16.5. The fraction of sp³-hybridized carbons (Fsp3) is 0.379. The smallest absolute Gasteiger partial charge is 0.336 e. The minimum Gasteiger partial charge on any atom is -0.493 e. The van der Waals surface area contributed by atoms with E-state index in [1.165, 1.54) is 28.4 Å². The number of benzene rings is 2. The van der Waals surface area contributed by atoms with Crippen LogP contribution in [0.5, 0.6) is 28.7 Å². The number of ether oxygens (including phenoxy) is 6. The Hall–Kier alpha value is -4.14. The molecule has 2 aromatic carbocycles. The predicted octanol–water partition coefficient (Wildman–Crippen LogP) is 4.26. The average molecular weight is 524 g/mol. The largest absolute Gasteiger partial charge is 0.493 e. The van der Waals surface area contributed by atoms with Crippen LogP contribution in [0.4, 0.5) is 0 Å². The van der Waals surface area contributed by atoms with Gasteiger partial charge in [0.1, 0.15) is 0 Å². The van der Waals surface area contributed by atoms with Crippen molar-refractivity contribution in [1.82, 2.24) is 5.32 Å². The molecular weight excluding hydrogens is 490 g/mol. The van der Waals surface area contributed by atoms with Crippen molar-refractivity contribution >= 4 is 11.8 Å². The van der Waals surface area contributed by atoms with Crippen molar-refractivity contribution in [2.24, 2.45) is 0 Å². The zero-order chi connectivity index (χ0) is 27.6. The highest BCUT2D eigenvalue weighted by Crippen LogP contribution is 2.49. The molecule has 1 aliphatic carbocycles. The molecule has 4 rings (SSSR count). The van der Waals surface area contributed by atoms with Crippen LogP contribution in [0.25, 0.3) is 0 Å². The normalized spacial score (nSPS) is 18.9. The van der Waals surface area contributed by atoms with Crippen molar-refractivity contribution in [2.75, 3.05) is 42.7 Å². The van der Waals surface area contributed by atoms with Gasteiger partial charge >= 0.3 is 5.97 Å². The van der Waals surface area contributed by atoms with Gasteiger partial charge in [0, 0.05) is 29.3 Å². The Morgan fingerprint density at radius 2 is 1.39 bits per heavy atom. The summed E-state index contributed by atoms with van der Waals surface area (Å²) in [6.45, 7) is 1.81. The molecule has 1 heterocycles. The van der Waals surface area contributed by atoms with E-state index in [0.29, 0.717) is 57.6 Å². The van der Waals surface area contributed by atoms with E-state index in [2.05, 4.69) is 5.32 Å². The van der Waals surface area contributed by atoms with Gasteiger partial charge in [0.2, 0.25) is 5.75 Å². The number of methoxy groups -OCH3 is 6. The van der Waals surface area contributed by atoms with Gasteiger partial charge in [-0.3, -0.25) is 4.79 Å². The molecule has 2 aliphatic rings. The second kappa shape index (κ2) is 11.1. The molecule has 0 spiro atoms. The second-order valence-electron chi connectivity index (χ2n) is 9.08. The number of hydrogen-bond donors (Lipinski definition) is 1. The van der Waals surface area contributed by atoms with Crippen LogP contribution in [0.2, 0.25) is 0 Å². The van der Waals surface area contributed by atoms with E-state index in [4.69, 9.17) is 28.4 Å². The Morgan fingerprint density at radius 3 is 1.95 bits per heavy atom. The minimum absolute atomic E-state index is 0.0637. The summed E-state index contributed by atoms with van der Waals surface area (Å²) in [5.41, 5.74) is 3.90. The third-order valence-corrected chi connectivity index (χ3v) is 7.13. The maximum absolute atomic E-state index is 13.9. The molecule has 1 aliphatic heterocycles. The fourth-order valence-electron chi connectivity index (χ4n) is 5.36. The third-order valence-electron chi connectivity index (χ3n) is 7.13. The lowest BCUT2D eigenvalue weighted by atomic mass is 9.71. The standard InChI is InChI=1S/C29H33NO8/c1-15-25(29(32)38-7)26(18-13-23(35-4)28(37-6)24(14-18)36-5)27-19(30-15)10-17(11-20(27)31)16-8-9-21(33-2)22(12-16)34-3/h8-9,12-14,17,26,30H,10-11H2,1-7H3/t17-,26-/m0/s1. The lowest BCUT2D eigenvalue weighted by Gasteiger charge is -2.37. The Bertz CT molecular complexity index is 1300. The van der Waals surface area contributed by atoms with Gasteiger partial charge in [-0.2, -0.15) is 0 Å². The van der Waals surface area contributed by atoms with Crippen LogP contribution in [-0.2, 0) is 14.3 Å². The van der Waals surface area contributed by atoms with Crippen LogP contribution >= 0.6 is 0 Å². The van der Waals surface area contributed by atoms with Crippen molar-refractivity contribution in [3.8, 4) is 28.7 Å². The molecule has 0 bridgehead atoms. The van der Waals surface area contributed by atoms with Crippen LogP contribution in [0, 0.1) is 0 Å². The Kier molecular flexibility index (Phi) is 7.85. The summed E-state index contributed by atoms with van der Waals surface area (Å²) >= 11 is 0. The number of nitrogens with one attached hydrogen (secondary N) is 1. The van der Waals surface area contributed by atoms with E-state index in [-0.39, 0.29) is 18.1 Å². The van der Waals surface area contributed by atoms with Crippen LogP contribution in [0.15, 0.2) is 52.9 Å². The van der Waals surface area contributed by atoms with E-state index >= 15 is 0 Å². The topological polar surface area (TPSA) is 102 Å². The molecule has 0 radical (unpaired) electrons. The third kappa shape index (κ3) is 4.64. The zero-order valence-corrected chi connectivity index (χ0v) is 22.7. The van der Waals surface area contributed by atoms with Gasteiger partial charge in [0.05, 0.1) is 48.2 Å². The summed E-state index contributed by atoms with van der Waals surface area (Å²) in [4.78, 5) is 26.9. The molecule has 2 atom stereocenters. The van der Waals surface area contributed by atoms with Crippen molar-refractivity contribution < 1.29 is 38.0 Å². The van der Waals surface area contributed by atoms with E-state index in [0.717, 1.165) is 11.3 Å². The first-order valence-corrected chi connectivity index (χ1v) is 12.2. The Labute approximate surface area is 222 Å². The number of carbonyl (C=O) groups excluding carboxylic acids is 2. The average Bonchev–Trinajstić information content (AvgIpc) is 2.94. The number of rotatable bonds is 8. The fourth-order valence-corrected chi connectivity index (χ4v) is 5.36. The molecule has 0 saturated heterocycles. The second-order valence-corrected chi connectivity index (χ2v) is 9.08. The summed E-state index contributed by atoms with van der Waals surface area (Å²) in [6, 6.07) is 9.24. The van der Waals surface area contributed by atoms with Crippen LogP contribution in [0.3, 0.4) is 0 Å². The highest BCUT2D eigenvalue weighted by molar-refractivity contribution is 6.04. The van der Waals surface area contributed by atoms with Crippen LogP contribution < -0.4 is 29.0 Å². The number of Topliss-reactive ketones (excluding diaryl/α,β-unsaturated/α-hetero) is 1. The molecule has 202 valence electrons. The van der Waals surface area contributed by atoms with Crippen LogP contribution in [-0.4, -0.2) is 54.4 Å². The summed E-state index contributed by atoms with van der Waals surface area (Å²) in [6.07, 6.45) is 0.841. The molecule has 38 heavy (non-hydrogen) atoms. The van der Waals surface area contributed by atoms with Crippen molar-refractivity contribution in [1.29, 1.82) is 0 Å². The molecule has 9 heteroatoms. The molecule has 1 N–H and O–H groups in total. The monoisotopic (exact) mass is 523 g/mol. The van der Waals surface area contributed by atoms with Gasteiger partial charge in [0.15, 0.2) is 28.8 Å². The number of carbonyl (C=O) groups is 2. The van der Waals surface area contributed by atoms with Gasteiger partial charge in [-0.15, -0.1) is 0 Å². The quantitative estimate of drug-likeness (QED) is 0.509. The Morgan fingerprint density at radius 1 is 0.789 bits per heavy atom. The van der Waals surface area contributed by atoms with E-state index < -0.39 is 11.9 Å². The highest BCUT2D eigenvalue weighted by Gasteiger charge is 2.42. The van der Waals surface area contributed by atoms with Crippen molar-refractivity contribution in [3.63, 3.8) is 0 Å². The van der Waals surface area contributed by atoms with E-state index in [1.54, 1.807) is 26.4 Å². The zero-order valence-electron chi connectivity index (χ0n) is 22.7. The SMILES string of the molecule is COC(=O)C1=C(C)NC2=C(C(=O)C[C@@H](c3ccc(OC)c(OC)c3)C2)[C@H]1c1cc(OC)c(OC)c(OC)c1. The lowest BCUT2D eigenvalue weighted by Crippen LogP contribution is -2.36. The molecule has 0 aromatic heterocycles. The maximum Gasteiger partial charge on any atom is 0.336 e. The van der Waals surface area contributed by atoms with Gasteiger partial charge in [-0.25, -0.2) is 4.79 Å². The molecule has 0 amide bonds. The summed E-state index contributed by atoms with van der Waals surface area (Å²) < 4.78 is 32.6. The van der Waals surface area contributed by atoms with Crippen LogP contribution in [0.1, 0.15) is 42.7 Å². The number of esters is 1. The van der Waals surface area contributed by atoms with Gasteiger partial charge in [-0.1, -0.05) is 6.07 Å². The van der Waals surface area contributed by atoms with Gasteiger partial charge in [-0.05, 0) is 54.7 Å². The molecule has 9 nitrogen and oxygen atoms in total. The lowest BCUT2D eigenvalue weighted by molar-refractivity contribution is -0.136. The van der Waals surface area contributed by atoms with Crippen molar-refractivity contribution in [3.05, 3.63) is 64.0 Å².